The first-order valence-corrected chi connectivity index (χ1v) is 5.72. The SMILES string of the molecule is O=c1[nH]ccnc1N(CCCl)C1CCC1. The van der Waals surface area contributed by atoms with Gasteiger partial charge >= 0.3 is 0 Å². The van der Waals surface area contributed by atoms with Crippen LogP contribution in [0.5, 0.6) is 0 Å². The van der Waals surface area contributed by atoms with Crippen LogP contribution in [-0.4, -0.2) is 28.4 Å². The van der Waals surface area contributed by atoms with Crippen LogP contribution in [0.25, 0.3) is 0 Å². The van der Waals surface area contributed by atoms with E-state index in [1.165, 1.54) is 6.42 Å². The molecule has 0 unspecified atom stereocenters. The summed E-state index contributed by atoms with van der Waals surface area (Å²) in [5.74, 6) is 1.02. The Kier molecular flexibility index (Phi) is 3.26. The van der Waals surface area contributed by atoms with Gasteiger partial charge in [-0.1, -0.05) is 0 Å². The summed E-state index contributed by atoms with van der Waals surface area (Å²) < 4.78 is 0. The Morgan fingerprint density at radius 1 is 1.60 bits per heavy atom. The fourth-order valence-electron chi connectivity index (χ4n) is 1.80. The molecule has 15 heavy (non-hydrogen) atoms. The fourth-order valence-corrected chi connectivity index (χ4v) is 1.98. The molecular formula is C10H14ClN3O. The van der Waals surface area contributed by atoms with Crippen LogP contribution in [0.3, 0.4) is 0 Å². The van der Waals surface area contributed by atoms with Gasteiger partial charge in [-0.25, -0.2) is 4.98 Å². The predicted octanol–water partition coefficient (Wildman–Crippen LogP) is 1.37. The standard InChI is InChI=1S/C10H14ClN3O/c11-4-7-14(8-2-1-3-8)9-10(15)13-6-5-12-9/h5-6,8H,1-4,7H2,(H,13,15). The molecule has 82 valence electrons. The Bertz CT molecular complexity index is 375. The number of halogens is 1. The van der Waals surface area contributed by atoms with Crippen molar-refractivity contribution in [1.29, 1.82) is 0 Å². The van der Waals surface area contributed by atoms with Crippen molar-refractivity contribution in [3.05, 3.63) is 22.7 Å². The monoisotopic (exact) mass is 227 g/mol. The molecule has 1 N–H and O–H groups in total. The molecule has 1 aliphatic rings. The molecule has 1 saturated carbocycles. The predicted molar refractivity (Wildman–Crippen MR) is 60.6 cm³/mol. The van der Waals surface area contributed by atoms with Crippen molar-refractivity contribution >= 4 is 17.4 Å². The number of anilines is 1. The number of nitrogens with one attached hydrogen (secondary N) is 1. The van der Waals surface area contributed by atoms with Crippen LogP contribution in [0.1, 0.15) is 19.3 Å². The summed E-state index contributed by atoms with van der Waals surface area (Å²) in [6.45, 7) is 0.687. The lowest BCUT2D eigenvalue weighted by Crippen LogP contribution is -2.44. The van der Waals surface area contributed by atoms with Crippen molar-refractivity contribution in [3.63, 3.8) is 0 Å². The van der Waals surface area contributed by atoms with Crippen molar-refractivity contribution < 1.29 is 0 Å². The number of hydrogen-bond donors (Lipinski definition) is 1. The van der Waals surface area contributed by atoms with Crippen molar-refractivity contribution in [3.8, 4) is 0 Å². The van der Waals surface area contributed by atoms with Gasteiger partial charge in [0, 0.05) is 30.9 Å². The van der Waals surface area contributed by atoms with Gasteiger partial charge in [-0.05, 0) is 19.3 Å². The average Bonchev–Trinajstić information content (AvgIpc) is 2.15. The van der Waals surface area contributed by atoms with Gasteiger partial charge in [0.2, 0.25) is 0 Å². The van der Waals surface area contributed by atoms with Crippen molar-refractivity contribution in [2.75, 3.05) is 17.3 Å². The maximum absolute atomic E-state index is 11.6. The molecule has 1 aromatic heterocycles. The van der Waals surface area contributed by atoms with E-state index < -0.39 is 0 Å². The van der Waals surface area contributed by atoms with E-state index in [0.717, 1.165) is 12.8 Å². The molecule has 0 aromatic carbocycles. The summed E-state index contributed by atoms with van der Waals surface area (Å²) in [6, 6.07) is 0.444. The molecule has 0 atom stereocenters. The molecule has 1 fully saturated rings. The third-order valence-electron chi connectivity index (χ3n) is 2.80. The molecule has 0 aliphatic heterocycles. The second kappa shape index (κ2) is 4.66. The largest absolute Gasteiger partial charge is 0.348 e. The zero-order valence-corrected chi connectivity index (χ0v) is 9.20. The van der Waals surface area contributed by atoms with E-state index in [-0.39, 0.29) is 5.56 Å². The van der Waals surface area contributed by atoms with E-state index >= 15 is 0 Å². The van der Waals surface area contributed by atoms with E-state index in [4.69, 9.17) is 11.6 Å². The number of rotatable bonds is 4. The molecule has 2 rings (SSSR count). The van der Waals surface area contributed by atoms with Crippen molar-refractivity contribution in [2.24, 2.45) is 0 Å². The molecule has 5 heteroatoms. The van der Waals surface area contributed by atoms with Gasteiger partial charge in [-0.15, -0.1) is 11.6 Å². The Morgan fingerprint density at radius 2 is 2.40 bits per heavy atom. The first-order valence-electron chi connectivity index (χ1n) is 5.19. The number of alkyl halides is 1. The first-order chi connectivity index (χ1) is 7.33. The van der Waals surface area contributed by atoms with E-state index in [1.807, 2.05) is 4.90 Å². The molecule has 0 radical (unpaired) electrons. The van der Waals surface area contributed by atoms with Crippen LogP contribution in [0.4, 0.5) is 5.82 Å². The van der Waals surface area contributed by atoms with E-state index in [1.54, 1.807) is 12.4 Å². The summed E-state index contributed by atoms with van der Waals surface area (Å²) >= 11 is 5.74. The van der Waals surface area contributed by atoms with Gasteiger partial charge in [-0.3, -0.25) is 4.79 Å². The van der Waals surface area contributed by atoms with Crippen LogP contribution >= 0.6 is 11.6 Å². The van der Waals surface area contributed by atoms with Crippen molar-refractivity contribution in [2.45, 2.75) is 25.3 Å². The minimum absolute atomic E-state index is 0.130. The van der Waals surface area contributed by atoms with Crippen molar-refractivity contribution in [1.82, 2.24) is 9.97 Å². The molecule has 0 spiro atoms. The summed E-state index contributed by atoms with van der Waals surface area (Å²) in [7, 11) is 0. The van der Waals surface area contributed by atoms with Crippen LogP contribution in [-0.2, 0) is 0 Å². The quantitative estimate of drug-likeness (QED) is 0.791. The Labute approximate surface area is 93.3 Å². The lowest BCUT2D eigenvalue weighted by atomic mass is 9.91. The number of H-pyrrole nitrogens is 1. The molecular weight excluding hydrogens is 214 g/mol. The topological polar surface area (TPSA) is 49.0 Å². The molecule has 0 saturated heterocycles. The fraction of sp³-hybridized carbons (Fsp3) is 0.600. The maximum atomic E-state index is 11.6. The lowest BCUT2D eigenvalue weighted by Gasteiger charge is -2.37. The first kappa shape index (κ1) is 10.5. The second-order valence-corrected chi connectivity index (χ2v) is 4.09. The summed E-state index contributed by atoms with van der Waals surface area (Å²) in [4.78, 5) is 20.4. The Balaban J connectivity index is 2.23. The Hall–Kier alpha value is -1.03. The molecule has 1 aromatic rings. The highest BCUT2D eigenvalue weighted by molar-refractivity contribution is 6.18. The van der Waals surface area contributed by atoms with E-state index in [0.29, 0.717) is 24.3 Å². The molecule has 0 amide bonds. The normalized spacial score (nSPS) is 16.1. The minimum Gasteiger partial charge on any atom is -0.348 e. The number of nitrogens with zero attached hydrogens (tertiary/aromatic N) is 2. The van der Waals surface area contributed by atoms with Crippen LogP contribution in [0.2, 0.25) is 0 Å². The van der Waals surface area contributed by atoms with Gasteiger partial charge in [0.05, 0.1) is 0 Å². The maximum Gasteiger partial charge on any atom is 0.290 e. The molecule has 1 heterocycles. The molecule has 0 bridgehead atoms. The smallest absolute Gasteiger partial charge is 0.290 e. The van der Waals surface area contributed by atoms with Gasteiger partial charge in [0.1, 0.15) is 0 Å². The number of aromatic nitrogens is 2. The average molecular weight is 228 g/mol. The third-order valence-corrected chi connectivity index (χ3v) is 2.97. The van der Waals surface area contributed by atoms with Crippen LogP contribution < -0.4 is 10.5 Å². The van der Waals surface area contributed by atoms with Gasteiger partial charge in [0.25, 0.3) is 5.56 Å². The third kappa shape index (κ3) is 2.15. The highest BCUT2D eigenvalue weighted by atomic mass is 35.5. The highest BCUT2D eigenvalue weighted by Gasteiger charge is 2.26. The molecule has 1 aliphatic carbocycles. The lowest BCUT2D eigenvalue weighted by molar-refractivity contribution is 0.388. The summed E-state index contributed by atoms with van der Waals surface area (Å²) in [5.41, 5.74) is -0.130. The second-order valence-electron chi connectivity index (χ2n) is 3.71. The van der Waals surface area contributed by atoms with Gasteiger partial charge in [-0.2, -0.15) is 0 Å². The Morgan fingerprint density at radius 3 is 2.93 bits per heavy atom. The number of aromatic amines is 1. The van der Waals surface area contributed by atoms with Gasteiger partial charge < -0.3 is 9.88 Å². The zero-order chi connectivity index (χ0) is 10.7. The summed E-state index contributed by atoms with van der Waals surface area (Å²) in [5, 5.41) is 0. The van der Waals surface area contributed by atoms with Crippen LogP contribution in [0, 0.1) is 0 Å². The zero-order valence-electron chi connectivity index (χ0n) is 8.45. The highest BCUT2D eigenvalue weighted by Crippen LogP contribution is 2.26. The number of hydrogen-bond acceptors (Lipinski definition) is 3. The minimum atomic E-state index is -0.130. The van der Waals surface area contributed by atoms with E-state index in [2.05, 4.69) is 9.97 Å². The van der Waals surface area contributed by atoms with Crippen LogP contribution in [0.15, 0.2) is 17.2 Å². The van der Waals surface area contributed by atoms with E-state index in [9.17, 15) is 4.79 Å². The summed E-state index contributed by atoms with van der Waals surface area (Å²) in [6.07, 6.45) is 6.65. The van der Waals surface area contributed by atoms with Gasteiger partial charge in [0.15, 0.2) is 5.82 Å². The molecule has 4 nitrogen and oxygen atoms in total.